The Kier molecular flexibility index (Phi) is 16.5. The van der Waals surface area contributed by atoms with Crippen molar-refractivity contribution in [2.75, 3.05) is 19.8 Å². The lowest BCUT2D eigenvalue weighted by Gasteiger charge is -2.20. The average molecular weight is 582 g/mol. The predicted molar refractivity (Wildman–Crippen MR) is 152 cm³/mol. The molecule has 2 N–H and O–H groups in total. The molecule has 0 amide bonds. The van der Waals surface area contributed by atoms with Crippen LogP contribution in [0.4, 0.5) is 9.59 Å². The minimum absolute atomic E-state index is 0.000113. The Bertz CT molecular complexity index is 982. The van der Waals surface area contributed by atoms with Crippen LogP contribution in [0.25, 0.3) is 0 Å². The van der Waals surface area contributed by atoms with E-state index in [1.807, 2.05) is 41.5 Å². The van der Waals surface area contributed by atoms with Gasteiger partial charge in [0.1, 0.15) is 12.1 Å². The van der Waals surface area contributed by atoms with Gasteiger partial charge < -0.3 is 34.1 Å². The van der Waals surface area contributed by atoms with E-state index in [4.69, 9.17) is 23.7 Å². The minimum atomic E-state index is -1.12. The molecule has 232 valence electrons. The van der Waals surface area contributed by atoms with E-state index in [9.17, 15) is 24.3 Å². The number of carbonyl (C=O) groups excluding carboxylic acids is 3. The van der Waals surface area contributed by atoms with E-state index < -0.39 is 30.4 Å². The molecule has 4 unspecified atom stereocenters. The van der Waals surface area contributed by atoms with E-state index in [1.165, 1.54) is 12.1 Å². The van der Waals surface area contributed by atoms with Gasteiger partial charge in [-0.15, -0.1) is 0 Å². The van der Waals surface area contributed by atoms with Crippen molar-refractivity contribution in [3.8, 4) is 11.5 Å². The Morgan fingerprint density at radius 1 is 0.805 bits per heavy atom. The van der Waals surface area contributed by atoms with Crippen molar-refractivity contribution in [1.82, 2.24) is 5.32 Å². The Balaban J connectivity index is 2.99. The second kappa shape index (κ2) is 18.9. The highest BCUT2D eigenvalue weighted by atomic mass is 16.7. The Morgan fingerprint density at radius 2 is 1.34 bits per heavy atom. The van der Waals surface area contributed by atoms with Gasteiger partial charge in [0.25, 0.3) is 0 Å². The second-order valence-corrected chi connectivity index (χ2v) is 10.7. The van der Waals surface area contributed by atoms with Crippen molar-refractivity contribution in [3.05, 3.63) is 23.8 Å². The molecule has 1 aromatic rings. The highest BCUT2D eigenvalue weighted by molar-refractivity contribution is 5.74. The van der Waals surface area contributed by atoms with Crippen LogP contribution in [0.5, 0.6) is 11.5 Å². The van der Waals surface area contributed by atoms with Gasteiger partial charge in [-0.2, -0.15) is 0 Å². The minimum Gasteiger partial charge on any atom is -0.480 e. The van der Waals surface area contributed by atoms with Crippen molar-refractivity contribution in [2.45, 2.75) is 92.7 Å². The van der Waals surface area contributed by atoms with Crippen LogP contribution >= 0.6 is 0 Å². The molecule has 0 aliphatic rings. The van der Waals surface area contributed by atoms with E-state index >= 15 is 0 Å². The molecular formula is C30H47NO10. The highest BCUT2D eigenvalue weighted by Crippen LogP contribution is 2.30. The van der Waals surface area contributed by atoms with E-state index in [-0.39, 0.29) is 61.4 Å². The second-order valence-electron chi connectivity index (χ2n) is 10.7. The lowest BCUT2D eigenvalue weighted by atomic mass is 10.0. The zero-order valence-electron chi connectivity index (χ0n) is 25.4. The lowest BCUT2D eigenvalue weighted by Crippen LogP contribution is -2.42. The highest BCUT2D eigenvalue weighted by Gasteiger charge is 2.23. The van der Waals surface area contributed by atoms with Crippen LogP contribution in [0.2, 0.25) is 0 Å². The van der Waals surface area contributed by atoms with Gasteiger partial charge in [-0.3, -0.25) is 9.59 Å². The Hall–Kier alpha value is -3.34. The molecule has 0 saturated heterocycles. The van der Waals surface area contributed by atoms with Crippen LogP contribution in [0, 0.1) is 17.8 Å². The smallest absolute Gasteiger partial charge is 0.480 e. The third-order valence-electron chi connectivity index (χ3n) is 6.69. The van der Waals surface area contributed by atoms with Crippen LogP contribution in [0.1, 0.15) is 79.7 Å². The van der Waals surface area contributed by atoms with Crippen LogP contribution < -0.4 is 14.8 Å². The number of rotatable bonds is 18. The van der Waals surface area contributed by atoms with Crippen LogP contribution in [0.3, 0.4) is 0 Å². The molecule has 0 spiro atoms. The number of carboxylic acids is 1. The van der Waals surface area contributed by atoms with Crippen molar-refractivity contribution < 1.29 is 48.0 Å². The number of nitrogens with one attached hydrogen (secondary N) is 1. The van der Waals surface area contributed by atoms with Crippen LogP contribution in [-0.2, 0) is 30.2 Å². The van der Waals surface area contributed by atoms with Gasteiger partial charge in [0, 0.05) is 13.0 Å². The molecule has 11 heteroatoms. The molecule has 0 aromatic heterocycles. The van der Waals surface area contributed by atoms with Gasteiger partial charge in [-0.25, -0.2) is 9.59 Å². The fourth-order valence-electron chi connectivity index (χ4n) is 3.27. The Labute approximate surface area is 243 Å². The number of hydrogen-bond donors (Lipinski definition) is 2. The normalized spacial score (nSPS) is 14.6. The zero-order valence-corrected chi connectivity index (χ0v) is 25.4. The topological polar surface area (TPSA) is 147 Å². The molecule has 1 rings (SSSR count). The fourth-order valence-corrected chi connectivity index (χ4v) is 3.27. The zero-order chi connectivity index (χ0) is 30.9. The van der Waals surface area contributed by atoms with E-state index in [0.717, 1.165) is 19.3 Å². The third kappa shape index (κ3) is 14.7. The van der Waals surface area contributed by atoms with Gasteiger partial charge >= 0.3 is 24.2 Å². The molecule has 0 aliphatic carbocycles. The first-order chi connectivity index (χ1) is 19.4. The number of benzene rings is 1. The molecule has 11 nitrogen and oxygen atoms in total. The molecule has 0 radical (unpaired) electrons. The summed E-state index contributed by atoms with van der Waals surface area (Å²) in [6, 6.07) is 3.33. The van der Waals surface area contributed by atoms with E-state index in [1.54, 1.807) is 13.0 Å². The standard InChI is InChI=1S/C30H47NO10/c1-8-19(4)13-27(32)39-22(7)16-31-24(28(33)34)14-23-11-12-25(40-29(35)37-17-20(5)9-2)26(15-23)41-30(36)38-18-21(6)10-3/h11-12,15,19-22,24,31H,8-10,13-14,16-18H2,1-7H3,(H,33,34)/t19?,20?,21?,22?,24-/m0/s1. The van der Waals surface area contributed by atoms with Crippen LogP contribution in [-0.4, -0.2) is 61.3 Å². The summed E-state index contributed by atoms with van der Waals surface area (Å²) in [6.07, 6.45) is 0.289. The first-order valence-electron chi connectivity index (χ1n) is 14.4. The number of esters is 1. The Morgan fingerprint density at radius 3 is 1.85 bits per heavy atom. The first-order valence-corrected chi connectivity index (χ1v) is 14.4. The van der Waals surface area contributed by atoms with E-state index in [2.05, 4.69) is 5.32 Å². The quantitative estimate of drug-likeness (QED) is 0.124. The van der Waals surface area contributed by atoms with Crippen molar-refractivity contribution in [1.29, 1.82) is 0 Å². The fraction of sp³-hybridized carbons (Fsp3) is 0.667. The van der Waals surface area contributed by atoms with Crippen molar-refractivity contribution in [3.63, 3.8) is 0 Å². The summed E-state index contributed by atoms with van der Waals surface area (Å²) in [6.45, 7) is 13.8. The summed E-state index contributed by atoms with van der Waals surface area (Å²) >= 11 is 0. The molecule has 0 aliphatic heterocycles. The molecule has 1 aromatic carbocycles. The third-order valence-corrected chi connectivity index (χ3v) is 6.69. The number of ether oxygens (including phenoxy) is 5. The molecule has 0 saturated carbocycles. The monoisotopic (exact) mass is 581 g/mol. The largest absolute Gasteiger partial charge is 0.513 e. The summed E-state index contributed by atoms with van der Waals surface area (Å²) in [5, 5.41) is 12.7. The number of aliphatic carboxylic acids is 1. The summed E-state index contributed by atoms with van der Waals surface area (Å²) in [5.74, 6) is -1.18. The molecule has 0 fully saturated rings. The van der Waals surface area contributed by atoms with Gasteiger partial charge in [-0.1, -0.05) is 66.9 Å². The summed E-state index contributed by atoms with van der Waals surface area (Å²) < 4.78 is 26.3. The van der Waals surface area contributed by atoms with Gasteiger partial charge in [0.15, 0.2) is 11.5 Å². The molecule has 41 heavy (non-hydrogen) atoms. The van der Waals surface area contributed by atoms with Crippen LogP contribution in [0.15, 0.2) is 18.2 Å². The number of carbonyl (C=O) groups is 4. The predicted octanol–water partition coefficient (Wildman–Crippen LogP) is 5.76. The summed E-state index contributed by atoms with van der Waals surface area (Å²) in [5.41, 5.74) is 0.483. The summed E-state index contributed by atoms with van der Waals surface area (Å²) in [4.78, 5) is 48.6. The maximum atomic E-state index is 12.4. The van der Waals surface area contributed by atoms with Gasteiger partial charge in [-0.05, 0) is 48.8 Å². The average Bonchev–Trinajstić information content (AvgIpc) is 2.93. The SMILES string of the molecule is CCC(C)COC(=O)Oc1ccc(C[C@H](NCC(C)OC(=O)CC(C)CC)C(=O)O)cc1OC(=O)OCC(C)CC. The number of carboxylic acid groups (broad SMARTS) is 1. The number of hydrogen-bond acceptors (Lipinski definition) is 10. The first kappa shape index (κ1) is 35.7. The maximum Gasteiger partial charge on any atom is 0.513 e. The molecule has 0 bridgehead atoms. The molecular weight excluding hydrogens is 534 g/mol. The lowest BCUT2D eigenvalue weighted by molar-refractivity contribution is -0.149. The van der Waals surface area contributed by atoms with E-state index in [0.29, 0.717) is 12.0 Å². The summed E-state index contributed by atoms with van der Waals surface area (Å²) in [7, 11) is 0. The van der Waals surface area contributed by atoms with Gasteiger partial charge in [0.2, 0.25) is 0 Å². The van der Waals surface area contributed by atoms with Gasteiger partial charge in [0.05, 0.1) is 13.2 Å². The van der Waals surface area contributed by atoms with Crippen molar-refractivity contribution >= 4 is 24.2 Å². The molecule has 5 atom stereocenters. The maximum absolute atomic E-state index is 12.4. The van der Waals surface area contributed by atoms with Crippen molar-refractivity contribution in [2.24, 2.45) is 17.8 Å². The molecule has 0 heterocycles.